The number of para-hydroxylation sites is 1. The van der Waals surface area contributed by atoms with Crippen LogP contribution in [0.4, 0.5) is 5.69 Å². The van der Waals surface area contributed by atoms with Crippen LogP contribution in [0.1, 0.15) is 44.6 Å². The Morgan fingerprint density at radius 2 is 2.00 bits per heavy atom. The largest absolute Gasteiger partial charge is 0.314 e. The van der Waals surface area contributed by atoms with Gasteiger partial charge in [0.25, 0.3) is 0 Å². The van der Waals surface area contributed by atoms with Crippen molar-refractivity contribution >= 4 is 11.6 Å². The summed E-state index contributed by atoms with van der Waals surface area (Å²) in [4.78, 5) is 13.6. The van der Waals surface area contributed by atoms with Crippen molar-refractivity contribution in [2.75, 3.05) is 11.9 Å². The Balaban J connectivity index is 2.61. The fourth-order valence-corrected chi connectivity index (χ4v) is 1.87. The third kappa shape index (κ3) is 3.89. The molecule has 0 radical (unpaired) electrons. The molecule has 1 aromatic carbocycles. The monoisotopic (exact) mass is 244 g/mol. The van der Waals surface area contributed by atoms with Crippen LogP contribution in [0.25, 0.3) is 0 Å². The predicted molar refractivity (Wildman–Crippen MR) is 73.3 cm³/mol. The predicted octanol–water partition coefficient (Wildman–Crippen LogP) is 3.49. The van der Waals surface area contributed by atoms with Gasteiger partial charge in [0.05, 0.1) is 11.3 Å². The maximum atomic E-state index is 12.0. The second-order valence-corrected chi connectivity index (χ2v) is 4.39. The van der Waals surface area contributed by atoms with E-state index in [2.05, 4.69) is 13.0 Å². The second kappa shape index (κ2) is 7.50. The van der Waals surface area contributed by atoms with E-state index < -0.39 is 0 Å². The first kappa shape index (κ1) is 14.2. The number of amides is 1. The van der Waals surface area contributed by atoms with E-state index in [9.17, 15) is 4.79 Å². The number of benzene rings is 1. The van der Waals surface area contributed by atoms with Gasteiger partial charge in [-0.2, -0.15) is 5.26 Å². The van der Waals surface area contributed by atoms with Gasteiger partial charge in [-0.15, -0.1) is 0 Å². The summed E-state index contributed by atoms with van der Waals surface area (Å²) in [6.07, 6.45) is 4.91. The number of nitriles is 1. The van der Waals surface area contributed by atoms with E-state index in [1.807, 2.05) is 18.2 Å². The van der Waals surface area contributed by atoms with Gasteiger partial charge in [-0.05, 0) is 18.6 Å². The SMILES string of the molecule is CCCCCCC(=O)N(C)c1ccccc1C#N. The van der Waals surface area contributed by atoms with Crippen molar-refractivity contribution in [1.29, 1.82) is 5.26 Å². The number of nitrogens with zero attached hydrogens (tertiary/aromatic N) is 2. The molecule has 1 amide bonds. The van der Waals surface area contributed by atoms with Gasteiger partial charge in [0.2, 0.25) is 5.91 Å². The van der Waals surface area contributed by atoms with Crippen LogP contribution in [0, 0.1) is 11.3 Å². The van der Waals surface area contributed by atoms with Crippen molar-refractivity contribution in [3.8, 4) is 6.07 Å². The highest BCUT2D eigenvalue weighted by Crippen LogP contribution is 2.19. The van der Waals surface area contributed by atoms with Crippen molar-refractivity contribution in [2.45, 2.75) is 39.0 Å². The molecule has 0 bridgehead atoms. The van der Waals surface area contributed by atoms with E-state index in [-0.39, 0.29) is 5.91 Å². The number of anilines is 1. The topological polar surface area (TPSA) is 44.1 Å². The van der Waals surface area contributed by atoms with Gasteiger partial charge in [-0.25, -0.2) is 0 Å². The van der Waals surface area contributed by atoms with Crippen molar-refractivity contribution in [3.63, 3.8) is 0 Å². The number of rotatable bonds is 6. The van der Waals surface area contributed by atoms with Crippen LogP contribution in [-0.2, 0) is 4.79 Å². The molecule has 1 aromatic rings. The van der Waals surface area contributed by atoms with Crippen LogP contribution in [0.5, 0.6) is 0 Å². The maximum Gasteiger partial charge on any atom is 0.226 e. The number of carbonyl (C=O) groups is 1. The first-order valence-electron chi connectivity index (χ1n) is 6.46. The summed E-state index contributed by atoms with van der Waals surface area (Å²) in [5.74, 6) is 0.0776. The van der Waals surface area contributed by atoms with Crippen molar-refractivity contribution in [1.82, 2.24) is 0 Å². The minimum absolute atomic E-state index is 0.0776. The third-order valence-corrected chi connectivity index (χ3v) is 3.00. The van der Waals surface area contributed by atoms with Gasteiger partial charge in [0.1, 0.15) is 6.07 Å². The van der Waals surface area contributed by atoms with Crippen LogP contribution in [0.15, 0.2) is 24.3 Å². The summed E-state index contributed by atoms with van der Waals surface area (Å²) in [7, 11) is 1.73. The number of carbonyl (C=O) groups excluding carboxylic acids is 1. The molecule has 0 atom stereocenters. The molecule has 0 aliphatic heterocycles. The fraction of sp³-hybridized carbons (Fsp3) is 0.467. The highest BCUT2D eigenvalue weighted by Gasteiger charge is 2.13. The van der Waals surface area contributed by atoms with Crippen molar-refractivity contribution in [3.05, 3.63) is 29.8 Å². The molecule has 0 aliphatic rings. The van der Waals surface area contributed by atoms with Crippen molar-refractivity contribution < 1.29 is 4.79 Å². The van der Waals surface area contributed by atoms with Crippen LogP contribution in [-0.4, -0.2) is 13.0 Å². The molecule has 3 nitrogen and oxygen atoms in total. The van der Waals surface area contributed by atoms with Crippen LogP contribution in [0.2, 0.25) is 0 Å². The molecule has 1 rings (SSSR count). The lowest BCUT2D eigenvalue weighted by atomic mass is 10.1. The number of hydrogen-bond donors (Lipinski definition) is 0. The Morgan fingerprint density at radius 1 is 1.28 bits per heavy atom. The standard InChI is InChI=1S/C15H20N2O/c1-3-4-5-6-11-15(18)17(2)14-10-8-7-9-13(14)12-16/h7-10H,3-6,11H2,1-2H3. The summed E-state index contributed by atoms with van der Waals surface area (Å²) in [5.41, 5.74) is 1.24. The average Bonchev–Trinajstić information content (AvgIpc) is 2.42. The Bertz CT molecular complexity index is 434. The molecule has 0 fully saturated rings. The molecular weight excluding hydrogens is 224 g/mol. The van der Waals surface area contributed by atoms with Gasteiger partial charge < -0.3 is 4.90 Å². The molecule has 0 aromatic heterocycles. The van der Waals surface area contributed by atoms with Gasteiger partial charge >= 0.3 is 0 Å². The highest BCUT2D eigenvalue weighted by atomic mass is 16.2. The highest BCUT2D eigenvalue weighted by molar-refractivity contribution is 5.94. The molecule has 0 aliphatic carbocycles. The van der Waals surface area contributed by atoms with E-state index in [4.69, 9.17) is 5.26 Å². The summed E-state index contributed by atoms with van der Waals surface area (Å²) in [5, 5.41) is 9.01. The molecule has 0 spiro atoms. The lowest BCUT2D eigenvalue weighted by Crippen LogP contribution is -2.26. The van der Waals surface area contributed by atoms with Gasteiger partial charge in [0.15, 0.2) is 0 Å². The summed E-state index contributed by atoms with van der Waals surface area (Å²) in [6, 6.07) is 9.31. The Morgan fingerprint density at radius 3 is 2.67 bits per heavy atom. The van der Waals surface area contributed by atoms with E-state index in [0.717, 1.165) is 12.8 Å². The zero-order chi connectivity index (χ0) is 13.4. The fourth-order valence-electron chi connectivity index (χ4n) is 1.87. The summed E-state index contributed by atoms with van der Waals surface area (Å²) < 4.78 is 0. The number of unbranched alkanes of at least 4 members (excludes halogenated alkanes) is 3. The second-order valence-electron chi connectivity index (χ2n) is 4.39. The van der Waals surface area contributed by atoms with Gasteiger partial charge in [0, 0.05) is 13.5 Å². The smallest absolute Gasteiger partial charge is 0.226 e. The average molecular weight is 244 g/mol. The lowest BCUT2D eigenvalue weighted by Gasteiger charge is -2.18. The number of hydrogen-bond acceptors (Lipinski definition) is 2. The Hall–Kier alpha value is -1.82. The normalized spacial score (nSPS) is 9.83. The lowest BCUT2D eigenvalue weighted by molar-refractivity contribution is -0.118. The molecular formula is C15H20N2O. The summed E-state index contributed by atoms with van der Waals surface area (Å²) >= 11 is 0. The molecule has 3 heteroatoms. The van der Waals surface area contributed by atoms with Crippen LogP contribution < -0.4 is 4.90 Å². The quantitative estimate of drug-likeness (QED) is 0.719. The van der Waals surface area contributed by atoms with E-state index in [1.165, 1.54) is 12.8 Å². The van der Waals surface area contributed by atoms with Gasteiger partial charge in [-0.1, -0.05) is 38.3 Å². The molecule has 0 heterocycles. The summed E-state index contributed by atoms with van der Waals surface area (Å²) in [6.45, 7) is 2.15. The molecule has 18 heavy (non-hydrogen) atoms. The minimum Gasteiger partial charge on any atom is -0.314 e. The Labute approximate surface area is 109 Å². The van der Waals surface area contributed by atoms with Crippen LogP contribution >= 0.6 is 0 Å². The minimum atomic E-state index is 0.0776. The Kier molecular flexibility index (Phi) is 5.93. The zero-order valence-electron chi connectivity index (χ0n) is 11.1. The van der Waals surface area contributed by atoms with E-state index >= 15 is 0 Å². The third-order valence-electron chi connectivity index (χ3n) is 3.00. The molecule has 0 N–H and O–H groups in total. The van der Waals surface area contributed by atoms with Crippen LogP contribution in [0.3, 0.4) is 0 Å². The first-order valence-corrected chi connectivity index (χ1v) is 6.46. The zero-order valence-corrected chi connectivity index (χ0v) is 11.1. The van der Waals surface area contributed by atoms with E-state index in [0.29, 0.717) is 17.7 Å². The van der Waals surface area contributed by atoms with E-state index in [1.54, 1.807) is 18.0 Å². The molecule has 0 saturated heterocycles. The molecule has 0 unspecified atom stereocenters. The first-order chi connectivity index (χ1) is 8.70. The molecule has 96 valence electrons. The van der Waals surface area contributed by atoms with Crippen molar-refractivity contribution in [2.24, 2.45) is 0 Å². The van der Waals surface area contributed by atoms with Gasteiger partial charge in [-0.3, -0.25) is 4.79 Å². The maximum absolute atomic E-state index is 12.0. The molecule has 0 saturated carbocycles.